The van der Waals surface area contributed by atoms with Crippen molar-refractivity contribution in [2.24, 2.45) is 5.73 Å². The Morgan fingerprint density at radius 2 is 1.29 bits per heavy atom. The number of carboxylic acid groups (broad SMARTS) is 2. The number of aliphatic hydroxyl groups excluding tert-OH is 2. The van der Waals surface area contributed by atoms with Crippen molar-refractivity contribution < 1.29 is 44.4 Å². The van der Waals surface area contributed by atoms with Gasteiger partial charge in [0.1, 0.15) is 18.1 Å². The topological polar surface area (TPSA) is 228 Å². The van der Waals surface area contributed by atoms with Crippen molar-refractivity contribution in [3.63, 3.8) is 0 Å². The molecule has 0 aliphatic heterocycles. The van der Waals surface area contributed by atoms with Gasteiger partial charge in [-0.05, 0) is 6.42 Å². The van der Waals surface area contributed by atoms with E-state index in [9.17, 15) is 29.1 Å². The van der Waals surface area contributed by atoms with Crippen molar-refractivity contribution in [2.45, 2.75) is 37.0 Å². The molecule has 28 heavy (non-hydrogen) atoms. The number of rotatable bonds is 13. The minimum Gasteiger partial charge on any atom is -0.481 e. The van der Waals surface area contributed by atoms with Crippen LogP contribution in [-0.2, 0) is 24.0 Å². The van der Waals surface area contributed by atoms with Crippen LogP contribution >= 0.6 is 12.6 Å². The summed E-state index contributed by atoms with van der Waals surface area (Å²) in [6, 6.07) is -5.72. The fraction of sp³-hybridized carbons (Fsp3) is 0.643. The molecule has 0 aromatic heterocycles. The number of nitrogens with one attached hydrogen (secondary N) is 3. The molecule has 0 aromatic rings. The van der Waals surface area contributed by atoms with Crippen LogP contribution in [0.2, 0.25) is 0 Å². The Hall–Kier alpha value is -2.42. The number of carboxylic acids is 2. The van der Waals surface area contributed by atoms with Gasteiger partial charge in [-0.2, -0.15) is 12.6 Å². The van der Waals surface area contributed by atoms with Gasteiger partial charge in [0.05, 0.1) is 19.3 Å². The largest absolute Gasteiger partial charge is 0.481 e. The highest BCUT2D eigenvalue weighted by molar-refractivity contribution is 7.80. The van der Waals surface area contributed by atoms with Crippen molar-refractivity contribution in [1.82, 2.24) is 16.0 Å². The molecule has 9 N–H and O–H groups in total. The highest BCUT2D eigenvalue weighted by atomic mass is 32.1. The average Bonchev–Trinajstić information content (AvgIpc) is 2.65. The first-order valence-corrected chi connectivity index (χ1v) is 8.64. The zero-order chi connectivity index (χ0) is 21.9. The number of carbonyl (C=O) groups is 5. The Bertz CT molecular complexity index is 589. The number of amides is 3. The summed E-state index contributed by atoms with van der Waals surface area (Å²) in [5.74, 6) is -5.70. The molecule has 14 heteroatoms. The van der Waals surface area contributed by atoms with E-state index in [1.807, 2.05) is 5.32 Å². The van der Waals surface area contributed by atoms with E-state index in [2.05, 4.69) is 23.3 Å². The van der Waals surface area contributed by atoms with Crippen molar-refractivity contribution in [1.29, 1.82) is 0 Å². The van der Waals surface area contributed by atoms with Gasteiger partial charge in [-0.25, -0.2) is 4.79 Å². The summed E-state index contributed by atoms with van der Waals surface area (Å²) < 4.78 is 0. The molecule has 0 fully saturated rings. The Morgan fingerprint density at radius 3 is 1.71 bits per heavy atom. The predicted octanol–water partition coefficient (Wildman–Crippen LogP) is -4.37. The molecular weight excluding hydrogens is 400 g/mol. The number of aliphatic hydroxyl groups is 2. The summed E-state index contributed by atoms with van der Waals surface area (Å²) >= 11 is 3.83. The highest BCUT2D eigenvalue weighted by Crippen LogP contribution is 2.01. The Morgan fingerprint density at radius 1 is 0.821 bits per heavy atom. The second kappa shape index (κ2) is 12.9. The first kappa shape index (κ1) is 25.6. The van der Waals surface area contributed by atoms with E-state index in [0.29, 0.717) is 0 Å². The fourth-order valence-electron chi connectivity index (χ4n) is 1.82. The third-order valence-electron chi connectivity index (χ3n) is 3.43. The van der Waals surface area contributed by atoms with E-state index in [-0.39, 0.29) is 12.2 Å². The lowest BCUT2D eigenvalue weighted by atomic mass is 10.1. The quantitative estimate of drug-likeness (QED) is 0.129. The molecule has 160 valence electrons. The molecule has 0 saturated carbocycles. The van der Waals surface area contributed by atoms with Crippen LogP contribution in [0.25, 0.3) is 0 Å². The summed E-state index contributed by atoms with van der Waals surface area (Å²) in [4.78, 5) is 57.7. The van der Waals surface area contributed by atoms with E-state index in [1.165, 1.54) is 0 Å². The lowest BCUT2D eigenvalue weighted by Gasteiger charge is -2.23. The van der Waals surface area contributed by atoms with E-state index < -0.39 is 73.5 Å². The standard InChI is InChI=1S/C14H24N4O9S/c15-6(5-28)11(23)16-7(1-2-10(21)22)12(24)17-8(3-19)13(25)18-9(4-20)14(26)27/h6-9,19-20,28H,1-5,15H2,(H,16,23)(H,17,24)(H,18,25)(H,21,22)(H,26,27). The van der Waals surface area contributed by atoms with Crippen LogP contribution in [0.3, 0.4) is 0 Å². The molecule has 4 atom stereocenters. The molecule has 4 unspecified atom stereocenters. The molecule has 3 amide bonds. The minimum atomic E-state index is -1.66. The second-order valence-corrected chi connectivity index (χ2v) is 5.97. The molecule has 13 nitrogen and oxygen atoms in total. The Kier molecular flexibility index (Phi) is 11.8. The van der Waals surface area contributed by atoms with Gasteiger partial charge in [0.25, 0.3) is 0 Å². The van der Waals surface area contributed by atoms with Crippen LogP contribution in [-0.4, -0.2) is 93.2 Å². The Balaban J connectivity index is 5.16. The third kappa shape index (κ3) is 8.98. The Labute approximate surface area is 165 Å². The summed E-state index contributed by atoms with van der Waals surface area (Å²) in [7, 11) is 0. The van der Waals surface area contributed by atoms with Crippen LogP contribution in [0.4, 0.5) is 0 Å². The third-order valence-corrected chi connectivity index (χ3v) is 3.82. The minimum absolute atomic E-state index is 0.0431. The normalized spacial score (nSPS) is 14.9. The zero-order valence-electron chi connectivity index (χ0n) is 14.7. The number of hydrogen-bond acceptors (Lipinski definition) is 9. The molecule has 0 aromatic carbocycles. The SMILES string of the molecule is NC(CS)C(=O)NC(CCC(=O)O)C(=O)NC(CO)C(=O)NC(CO)C(=O)O. The number of hydrogen-bond donors (Lipinski definition) is 9. The molecule has 0 spiro atoms. The number of carbonyl (C=O) groups excluding carboxylic acids is 3. The summed E-state index contributed by atoms with van der Waals surface area (Å²) in [6.07, 6.45) is -0.823. The first-order chi connectivity index (χ1) is 13.1. The average molecular weight is 424 g/mol. The maximum absolute atomic E-state index is 12.3. The molecule has 0 bridgehead atoms. The van der Waals surface area contributed by atoms with Crippen LogP contribution < -0.4 is 21.7 Å². The van der Waals surface area contributed by atoms with Crippen molar-refractivity contribution in [2.75, 3.05) is 19.0 Å². The molecule has 0 aliphatic rings. The maximum atomic E-state index is 12.3. The van der Waals surface area contributed by atoms with Crippen molar-refractivity contribution in [3.8, 4) is 0 Å². The molecule has 0 rings (SSSR count). The fourth-order valence-corrected chi connectivity index (χ4v) is 1.99. The van der Waals surface area contributed by atoms with Crippen LogP contribution in [0.15, 0.2) is 0 Å². The number of thiol groups is 1. The molecule has 0 heterocycles. The smallest absolute Gasteiger partial charge is 0.328 e. The lowest BCUT2D eigenvalue weighted by Crippen LogP contribution is -2.58. The summed E-state index contributed by atoms with van der Waals surface area (Å²) in [5, 5.41) is 41.9. The predicted molar refractivity (Wildman–Crippen MR) is 96.3 cm³/mol. The van der Waals surface area contributed by atoms with Crippen molar-refractivity contribution >= 4 is 42.3 Å². The van der Waals surface area contributed by atoms with E-state index in [1.54, 1.807) is 0 Å². The monoisotopic (exact) mass is 424 g/mol. The maximum Gasteiger partial charge on any atom is 0.328 e. The van der Waals surface area contributed by atoms with Crippen LogP contribution in [0, 0.1) is 0 Å². The van der Waals surface area contributed by atoms with Gasteiger partial charge in [-0.15, -0.1) is 0 Å². The van der Waals surface area contributed by atoms with Gasteiger partial charge in [-0.1, -0.05) is 0 Å². The number of aliphatic carboxylic acids is 2. The van der Waals surface area contributed by atoms with Gasteiger partial charge in [0.15, 0.2) is 0 Å². The number of nitrogens with two attached hydrogens (primary N) is 1. The summed E-state index contributed by atoms with van der Waals surface area (Å²) in [5.41, 5.74) is 5.48. The van der Waals surface area contributed by atoms with E-state index in [4.69, 9.17) is 21.1 Å². The lowest BCUT2D eigenvalue weighted by molar-refractivity contribution is -0.143. The van der Waals surface area contributed by atoms with Crippen molar-refractivity contribution in [3.05, 3.63) is 0 Å². The molecular formula is C14H24N4O9S. The van der Waals surface area contributed by atoms with Gasteiger partial charge in [0.2, 0.25) is 17.7 Å². The van der Waals surface area contributed by atoms with Gasteiger partial charge >= 0.3 is 11.9 Å². The first-order valence-electron chi connectivity index (χ1n) is 8.01. The van der Waals surface area contributed by atoms with Crippen LogP contribution in [0.5, 0.6) is 0 Å². The molecule has 0 aliphatic carbocycles. The van der Waals surface area contributed by atoms with E-state index in [0.717, 1.165) is 0 Å². The molecule has 0 radical (unpaired) electrons. The second-order valence-electron chi connectivity index (χ2n) is 5.61. The van der Waals surface area contributed by atoms with E-state index >= 15 is 0 Å². The van der Waals surface area contributed by atoms with Gasteiger partial charge in [0, 0.05) is 12.2 Å². The highest BCUT2D eigenvalue weighted by Gasteiger charge is 2.29. The molecule has 0 saturated heterocycles. The van der Waals surface area contributed by atoms with Gasteiger partial charge < -0.3 is 42.1 Å². The van der Waals surface area contributed by atoms with Gasteiger partial charge in [-0.3, -0.25) is 19.2 Å². The zero-order valence-corrected chi connectivity index (χ0v) is 15.6. The van der Waals surface area contributed by atoms with Crippen LogP contribution in [0.1, 0.15) is 12.8 Å². The summed E-state index contributed by atoms with van der Waals surface area (Å²) in [6.45, 7) is -1.85.